The van der Waals surface area contributed by atoms with Crippen molar-refractivity contribution < 1.29 is 18.3 Å². The third-order valence-corrected chi connectivity index (χ3v) is 4.64. The SMILES string of the molecule is COc1cn(CC2=CC=CCC2)c(Nc2cc(OC(F)F)c(C)cc2C)nc1=O. The van der Waals surface area contributed by atoms with Gasteiger partial charge in [-0.1, -0.05) is 29.9 Å². The highest BCUT2D eigenvalue weighted by molar-refractivity contribution is 5.63. The Morgan fingerprint density at radius 2 is 2.03 bits per heavy atom. The van der Waals surface area contributed by atoms with Crippen LogP contribution in [0.5, 0.6) is 11.5 Å². The number of aryl methyl sites for hydroxylation is 2. The fourth-order valence-corrected chi connectivity index (χ4v) is 3.15. The average Bonchev–Trinajstić information content (AvgIpc) is 2.68. The summed E-state index contributed by atoms with van der Waals surface area (Å²) in [5.74, 6) is 0.488. The first-order valence-electron chi connectivity index (χ1n) is 9.20. The smallest absolute Gasteiger partial charge is 0.387 e. The van der Waals surface area contributed by atoms with E-state index in [9.17, 15) is 13.6 Å². The van der Waals surface area contributed by atoms with Crippen molar-refractivity contribution in [3.05, 3.63) is 63.6 Å². The Hall–Kier alpha value is -3.16. The van der Waals surface area contributed by atoms with Crippen LogP contribution in [0.2, 0.25) is 0 Å². The minimum absolute atomic E-state index is 0.0654. The fourth-order valence-electron chi connectivity index (χ4n) is 3.15. The molecule has 0 amide bonds. The second-order valence-corrected chi connectivity index (χ2v) is 6.79. The molecule has 0 spiro atoms. The lowest BCUT2D eigenvalue weighted by molar-refractivity contribution is -0.0502. The Bertz CT molecular complexity index is 1010. The molecule has 2 aromatic rings. The molecule has 0 atom stereocenters. The molecule has 1 aromatic carbocycles. The van der Waals surface area contributed by atoms with E-state index in [2.05, 4.69) is 21.1 Å². The van der Waals surface area contributed by atoms with Crippen molar-refractivity contribution in [2.24, 2.45) is 0 Å². The minimum Gasteiger partial charge on any atom is -0.490 e. The molecule has 0 radical (unpaired) electrons. The predicted molar refractivity (Wildman–Crippen MR) is 107 cm³/mol. The summed E-state index contributed by atoms with van der Waals surface area (Å²) in [6.07, 6.45) is 9.57. The van der Waals surface area contributed by atoms with Gasteiger partial charge in [0.05, 0.1) is 13.3 Å². The van der Waals surface area contributed by atoms with Gasteiger partial charge in [-0.3, -0.25) is 4.79 Å². The van der Waals surface area contributed by atoms with Gasteiger partial charge in [-0.15, -0.1) is 0 Å². The highest BCUT2D eigenvalue weighted by atomic mass is 19.3. The van der Waals surface area contributed by atoms with Crippen LogP contribution >= 0.6 is 0 Å². The number of hydrogen-bond donors (Lipinski definition) is 1. The maximum atomic E-state index is 12.7. The summed E-state index contributed by atoms with van der Waals surface area (Å²) in [6.45, 7) is 1.12. The zero-order valence-electron chi connectivity index (χ0n) is 16.5. The first kappa shape index (κ1) is 20.6. The van der Waals surface area contributed by atoms with Crippen molar-refractivity contribution in [3.63, 3.8) is 0 Å². The number of alkyl halides is 2. The first-order valence-corrected chi connectivity index (χ1v) is 9.20. The summed E-state index contributed by atoms with van der Waals surface area (Å²) in [5.41, 5.74) is 2.57. The normalized spacial score (nSPS) is 13.4. The largest absolute Gasteiger partial charge is 0.490 e. The van der Waals surface area contributed by atoms with Crippen LogP contribution in [0.4, 0.5) is 20.4 Å². The van der Waals surface area contributed by atoms with E-state index in [1.807, 2.05) is 19.1 Å². The van der Waals surface area contributed by atoms with Crippen molar-refractivity contribution >= 4 is 11.6 Å². The highest BCUT2D eigenvalue weighted by Gasteiger charge is 2.15. The second-order valence-electron chi connectivity index (χ2n) is 6.79. The Kier molecular flexibility index (Phi) is 6.31. The van der Waals surface area contributed by atoms with Gasteiger partial charge in [0.1, 0.15) is 5.75 Å². The van der Waals surface area contributed by atoms with Crippen LogP contribution < -0.4 is 20.3 Å². The number of nitrogens with zero attached hydrogens (tertiary/aromatic N) is 2. The van der Waals surface area contributed by atoms with Gasteiger partial charge in [0.15, 0.2) is 0 Å². The van der Waals surface area contributed by atoms with Crippen molar-refractivity contribution in [3.8, 4) is 11.5 Å². The van der Waals surface area contributed by atoms with Crippen LogP contribution in [0.25, 0.3) is 0 Å². The number of anilines is 2. The van der Waals surface area contributed by atoms with Crippen LogP contribution in [-0.2, 0) is 6.54 Å². The van der Waals surface area contributed by atoms with Crippen LogP contribution in [0.3, 0.4) is 0 Å². The van der Waals surface area contributed by atoms with Gasteiger partial charge >= 0.3 is 12.2 Å². The third-order valence-electron chi connectivity index (χ3n) is 4.64. The summed E-state index contributed by atoms with van der Waals surface area (Å²) >= 11 is 0. The number of benzene rings is 1. The lowest BCUT2D eigenvalue weighted by Gasteiger charge is -2.19. The number of ether oxygens (including phenoxy) is 2. The number of halogens is 2. The van der Waals surface area contributed by atoms with Crippen molar-refractivity contribution in [2.75, 3.05) is 12.4 Å². The van der Waals surface area contributed by atoms with Crippen molar-refractivity contribution in [2.45, 2.75) is 39.8 Å². The fraction of sp³-hybridized carbons (Fsp3) is 0.333. The molecule has 0 fully saturated rings. The predicted octanol–water partition coefficient (Wildman–Crippen LogP) is 4.49. The molecular weight excluding hydrogens is 380 g/mol. The number of methoxy groups -OCH3 is 1. The summed E-state index contributed by atoms with van der Waals surface area (Å²) in [4.78, 5) is 16.3. The van der Waals surface area contributed by atoms with E-state index in [1.165, 1.54) is 18.7 Å². The minimum atomic E-state index is -2.92. The van der Waals surface area contributed by atoms with Crippen LogP contribution in [0, 0.1) is 13.8 Å². The molecule has 1 aliphatic carbocycles. The molecule has 8 heteroatoms. The Labute approximate surface area is 167 Å². The molecule has 0 saturated heterocycles. The molecular formula is C21H23F2N3O3. The molecule has 1 aliphatic rings. The summed E-state index contributed by atoms with van der Waals surface area (Å²) in [5, 5.41) is 3.09. The van der Waals surface area contributed by atoms with Gasteiger partial charge in [0.25, 0.3) is 0 Å². The van der Waals surface area contributed by atoms with E-state index in [-0.39, 0.29) is 11.5 Å². The lowest BCUT2D eigenvalue weighted by Crippen LogP contribution is -2.19. The van der Waals surface area contributed by atoms with Gasteiger partial charge in [0.2, 0.25) is 11.7 Å². The molecule has 0 aliphatic heterocycles. The molecule has 1 N–H and O–H groups in total. The first-order chi connectivity index (χ1) is 13.9. The second kappa shape index (κ2) is 8.89. The van der Waals surface area contributed by atoms with E-state index >= 15 is 0 Å². The zero-order valence-corrected chi connectivity index (χ0v) is 16.5. The maximum absolute atomic E-state index is 12.7. The van der Waals surface area contributed by atoms with Gasteiger partial charge in [-0.2, -0.15) is 13.8 Å². The van der Waals surface area contributed by atoms with Crippen LogP contribution in [-0.4, -0.2) is 23.3 Å². The molecule has 1 aromatic heterocycles. The number of aromatic nitrogens is 2. The number of nitrogens with one attached hydrogen (secondary N) is 1. The van der Waals surface area contributed by atoms with E-state index in [0.29, 0.717) is 23.7 Å². The summed E-state index contributed by atoms with van der Waals surface area (Å²) in [6, 6.07) is 3.22. The highest BCUT2D eigenvalue weighted by Crippen LogP contribution is 2.30. The topological polar surface area (TPSA) is 65.4 Å². The molecule has 154 valence electrons. The standard InChI is InChI=1S/C21H23F2N3O3/c1-13-9-14(2)17(29-20(22)23)10-16(13)24-21-25-19(27)18(28-3)12-26(21)11-15-7-5-4-6-8-15/h4-5,7,9-10,12,20H,6,8,11H2,1-3H3,(H,24,25,27). The van der Waals surface area contributed by atoms with E-state index in [1.54, 1.807) is 23.8 Å². The van der Waals surface area contributed by atoms with E-state index in [0.717, 1.165) is 18.4 Å². The number of hydrogen-bond acceptors (Lipinski definition) is 5. The van der Waals surface area contributed by atoms with Gasteiger partial charge in [-0.25, -0.2) is 0 Å². The molecule has 0 bridgehead atoms. The monoisotopic (exact) mass is 403 g/mol. The molecule has 3 rings (SSSR count). The van der Waals surface area contributed by atoms with Gasteiger partial charge < -0.3 is 19.4 Å². The molecule has 29 heavy (non-hydrogen) atoms. The summed E-state index contributed by atoms with van der Waals surface area (Å²) < 4.78 is 36.9. The Balaban J connectivity index is 1.99. The Morgan fingerprint density at radius 3 is 2.69 bits per heavy atom. The van der Waals surface area contributed by atoms with Crippen molar-refractivity contribution in [1.82, 2.24) is 9.55 Å². The lowest BCUT2D eigenvalue weighted by atomic mass is 10.1. The maximum Gasteiger partial charge on any atom is 0.387 e. The van der Waals surface area contributed by atoms with E-state index < -0.39 is 12.2 Å². The molecule has 1 heterocycles. The molecule has 0 unspecified atom stereocenters. The van der Waals surface area contributed by atoms with Crippen LogP contribution in [0.15, 0.2) is 46.9 Å². The van der Waals surface area contributed by atoms with Crippen LogP contribution in [0.1, 0.15) is 24.0 Å². The number of rotatable bonds is 7. The summed E-state index contributed by atoms with van der Waals surface area (Å²) in [7, 11) is 1.41. The number of allylic oxidation sites excluding steroid dienone is 4. The Morgan fingerprint density at radius 1 is 1.24 bits per heavy atom. The van der Waals surface area contributed by atoms with Crippen molar-refractivity contribution in [1.29, 1.82) is 0 Å². The average molecular weight is 403 g/mol. The van der Waals surface area contributed by atoms with E-state index in [4.69, 9.17) is 4.74 Å². The molecule has 0 saturated carbocycles. The third kappa shape index (κ3) is 5.01. The van der Waals surface area contributed by atoms with Gasteiger partial charge in [0, 0.05) is 18.3 Å². The molecule has 6 nitrogen and oxygen atoms in total. The zero-order chi connectivity index (χ0) is 21.0. The van der Waals surface area contributed by atoms with Gasteiger partial charge in [-0.05, 0) is 37.8 Å². The quantitative estimate of drug-likeness (QED) is 0.738.